The van der Waals surface area contributed by atoms with Gasteiger partial charge in [0.05, 0.1) is 76.8 Å². The molecule has 0 bridgehead atoms. The maximum Gasteiger partial charge on any atom is 2.00 e. The first-order valence-corrected chi connectivity index (χ1v) is 9.52. The standard InChI is InChI=1S/C10H22O7.C5H9NO4.C4H6O2.Mg/c11-1-9(2-12,3-13)7-17-8-10(4-14,5-15)6-16;6-3(5(9)10)1-2-4(7)8;1-3-4(5)6-2;/h11-16H,1-8H2;3H,1-2,6H2,(H,7,8)(H,9,10);3H,1H2,2H3;/q;;;+2/p-2. The maximum absolute atomic E-state index is 9.86. The second kappa shape index (κ2) is 23.3. The summed E-state index contributed by atoms with van der Waals surface area (Å²) in [6, 6.07) is -1.21. The second-order valence-electron chi connectivity index (χ2n) is 7.00. The van der Waals surface area contributed by atoms with Crippen molar-refractivity contribution in [3.05, 3.63) is 12.7 Å². The number of hydrogen-bond acceptors (Lipinski definition) is 14. The summed E-state index contributed by atoms with van der Waals surface area (Å²) < 4.78 is 9.29. The van der Waals surface area contributed by atoms with E-state index in [-0.39, 0.29) is 49.1 Å². The molecule has 0 aliphatic carbocycles. The van der Waals surface area contributed by atoms with E-state index in [2.05, 4.69) is 11.3 Å². The summed E-state index contributed by atoms with van der Waals surface area (Å²) >= 11 is 0. The Morgan fingerprint density at radius 3 is 1.44 bits per heavy atom. The maximum atomic E-state index is 9.86. The van der Waals surface area contributed by atoms with E-state index in [0.29, 0.717) is 0 Å². The molecule has 0 spiro atoms. The molecule has 1 unspecified atom stereocenters. The molecule has 0 aromatic carbocycles. The number of carbonyl (C=O) groups is 3. The van der Waals surface area contributed by atoms with Crippen LogP contribution in [0.15, 0.2) is 12.7 Å². The molecular weight excluding hydrogens is 475 g/mol. The van der Waals surface area contributed by atoms with Crippen LogP contribution in [0.25, 0.3) is 0 Å². The molecule has 196 valence electrons. The molecule has 8 N–H and O–H groups in total. The minimum Gasteiger partial charge on any atom is -0.550 e. The van der Waals surface area contributed by atoms with Gasteiger partial charge in [0.2, 0.25) is 0 Å². The third-order valence-corrected chi connectivity index (χ3v) is 4.16. The predicted octanol–water partition coefficient (Wildman–Crippen LogP) is -6.51. The number of aliphatic hydroxyl groups is 6. The number of hydrogen-bond donors (Lipinski definition) is 7. The number of carboxylic acid groups (broad SMARTS) is 2. The van der Waals surface area contributed by atoms with Crippen LogP contribution in [0.3, 0.4) is 0 Å². The van der Waals surface area contributed by atoms with Crippen molar-refractivity contribution in [3.8, 4) is 0 Å². The van der Waals surface area contributed by atoms with Crippen molar-refractivity contribution >= 4 is 41.0 Å². The van der Waals surface area contributed by atoms with E-state index in [1.54, 1.807) is 0 Å². The Morgan fingerprint density at radius 1 is 0.912 bits per heavy atom. The fraction of sp³-hybridized carbons (Fsp3) is 0.737. The minimum atomic E-state index is -1.44. The van der Waals surface area contributed by atoms with Gasteiger partial charge in [0.1, 0.15) is 0 Å². The van der Waals surface area contributed by atoms with E-state index in [4.69, 9.17) is 41.1 Å². The summed E-state index contributed by atoms with van der Waals surface area (Å²) in [6.07, 6.45) is 0.611. The number of methoxy groups -OCH3 is 1. The van der Waals surface area contributed by atoms with Crippen LogP contribution >= 0.6 is 0 Å². The molecule has 1 atom stereocenters. The smallest absolute Gasteiger partial charge is 0.550 e. The van der Waals surface area contributed by atoms with E-state index >= 15 is 0 Å². The largest absolute Gasteiger partial charge is 2.00 e. The van der Waals surface area contributed by atoms with Crippen LogP contribution in [-0.2, 0) is 23.9 Å². The van der Waals surface area contributed by atoms with Gasteiger partial charge < -0.3 is 65.6 Å². The summed E-state index contributed by atoms with van der Waals surface area (Å²) in [5, 5.41) is 73.8. The van der Waals surface area contributed by atoms with Gasteiger partial charge in [-0.05, 0) is 12.8 Å². The normalized spacial score (nSPS) is 11.4. The van der Waals surface area contributed by atoms with E-state index < -0.39 is 74.4 Å². The van der Waals surface area contributed by atoms with Gasteiger partial charge in [-0.15, -0.1) is 0 Å². The van der Waals surface area contributed by atoms with Crippen LogP contribution in [0.2, 0.25) is 0 Å². The Hall–Kier alpha value is -1.40. The van der Waals surface area contributed by atoms with Gasteiger partial charge in [0, 0.05) is 18.1 Å². The third-order valence-electron chi connectivity index (χ3n) is 4.16. The fourth-order valence-corrected chi connectivity index (χ4v) is 1.53. The van der Waals surface area contributed by atoms with Crippen molar-refractivity contribution in [2.75, 3.05) is 60.0 Å². The van der Waals surface area contributed by atoms with Crippen molar-refractivity contribution in [1.82, 2.24) is 0 Å². The van der Waals surface area contributed by atoms with Gasteiger partial charge in [0.15, 0.2) is 0 Å². The van der Waals surface area contributed by atoms with Crippen LogP contribution in [-0.4, -0.2) is 138 Å². The average Bonchev–Trinajstić information content (AvgIpc) is 2.83. The number of aliphatic hydroxyl groups excluding tert-OH is 6. The van der Waals surface area contributed by atoms with E-state index in [1.807, 2.05) is 0 Å². The molecule has 0 fully saturated rings. The SMILES string of the molecule is C=CC(=O)OC.NC(CCC(=O)[O-])C(=O)[O-].OCC(CO)(CO)COCC(CO)(CO)CO.[Mg+2]. The first-order chi connectivity index (χ1) is 15.4. The number of carboxylic acids is 2. The van der Waals surface area contributed by atoms with Crippen LogP contribution in [0, 0.1) is 10.8 Å². The summed E-state index contributed by atoms with van der Waals surface area (Å²) in [5.74, 6) is -3.15. The van der Waals surface area contributed by atoms with Crippen molar-refractivity contribution in [2.24, 2.45) is 16.6 Å². The Kier molecular flexibility index (Phi) is 27.3. The van der Waals surface area contributed by atoms with Crippen molar-refractivity contribution in [3.63, 3.8) is 0 Å². The molecule has 0 saturated heterocycles. The van der Waals surface area contributed by atoms with Crippen molar-refractivity contribution in [1.29, 1.82) is 0 Å². The second-order valence-corrected chi connectivity index (χ2v) is 7.00. The monoisotopic (exact) mass is 509 g/mol. The van der Waals surface area contributed by atoms with E-state index in [0.717, 1.165) is 6.08 Å². The summed E-state index contributed by atoms with van der Waals surface area (Å²) in [6.45, 7) is 0.152. The molecule has 0 aromatic heterocycles. The number of carbonyl (C=O) groups excluding carboxylic acids is 3. The Labute approximate surface area is 213 Å². The van der Waals surface area contributed by atoms with Crippen LogP contribution < -0.4 is 15.9 Å². The molecule has 0 amide bonds. The quantitative estimate of drug-likeness (QED) is 0.0614. The molecule has 0 saturated carbocycles. The third kappa shape index (κ3) is 19.0. The zero-order valence-electron chi connectivity index (χ0n) is 19.3. The van der Waals surface area contributed by atoms with E-state index in [9.17, 15) is 24.6 Å². The summed E-state index contributed by atoms with van der Waals surface area (Å²) in [5.41, 5.74) is 2.59. The van der Waals surface area contributed by atoms with Crippen LogP contribution in [0.4, 0.5) is 0 Å². The molecule has 0 aliphatic rings. The number of ether oxygens (including phenoxy) is 2. The number of esters is 1. The molecule has 0 radical (unpaired) electrons. The summed E-state index contributed by atoms with van der Waals surface area (Å²) in [7, 11) is 1.31. The van der Waals surface area contributed by atoms with Gasteiger partial charge in [-0.1, -0.05) is 6.58 Å². The Bertz CT molecular complexity index is 518. The molecule has 34 heavy (non-hydrogen) atoms. The van der Waals surface area contributed by atoms with Gasteiger partial charge in [-0.3, -0.25) is 0 Å². The minimum absolute atomic E-state index is 0. The topological polar surface area (TPSA) is 263 Å². The number of aliphatic carboxylic acids is 2. The zero-order valence-corrected chi connectivity index (χ0v) is 20.7. The molecule has 15 heteroatoms. The van der Waals surface area contributed by atoms with Crippen molar-refractivity contribution < 1.29 is 64.7 Å². The zero-order chi connectivity index (χ0) is 26.5. The van der Waals surface area contributed by atoms with Gasteiger partial charge in [-0.2, -0.15) is 0 Å². The van der Waals surface area contributed by atoms with Crippen LogP contribution in [0.5, 0.6) is 0 Å². The number of rotatable bonds is 15. The molecule has 0 rings (SSSR count). The fourth-order valence-electron chi connectivity index (χ4n) is 1.53. The Morgan fingerprint density at radius 2 is 1.26 bits per heavy atom. The molecule has 14 nitrogen and oxygen atoms in total. The molecule has 0 heterocycles. The van der Waals surface area contributed by atoms with Crippen molar-refractivity contribution in [2.45, 2.75) is 18.9 Å². The Balaban J connectivity index is -0.000000224. The van der Waals surface area contributed by atoms with Crippen LogP contribution in [0.1, 0.15) is 12.8 Å². The predicted molar refractivity (Wildman–Crippen MR) is 113 cm³/mol. The first kappa shape index (κ1) is 39.8. The van der Waals surface area contributed by atoms with Gasteiger partial charge in [0.25, 0.3) is 0 Å². The summed E-state index contributed by atoms with van der Waals surface area (Å²) in [4.78, 5) is 29.4. The van der Waals surface area contributed by atoms with E-state index in [1.165, 1.54) is 7.11 Å². The molecule has 0 aromatic rings. The molecule has 0 aliphatic heterocycles. The number of nitrogens with two attached hydrogens (primary N) is 1. The molecular formula is C19H35MgNO13. The first-order valence-electron chi connectivity index (χ1n) is 9.52. The average molecular weight is 510 g/mol. The van der Waals surface area contributed by atoms with Gasteiger partial charge in [-0.25, -0.2) is 4.79 Å². The van der Waals surface area contributed by atoms with Gasteiger partial charge >= 0.3 is 29.0 Å².